The van der Waals surface area contributed by atoms with Gasteiger partial charge in [-0.25, -0.2) is 0 Å². The lowest BCUT2D eigenvalue weighted by Gasteiger charge is -2.14. The normalized spacial score (nSPS) is 10.6. The Morgan fingerprint density at radius 3 is 2.72 bits per heavy atom. The molecular formula is C19H20BrCl2NO2. The van der Waals surface area contributed by atoms with Crippen LogP contribution >= 0.6 is 39.1 Å². The molecule has 0 aliphatic carbocycles. The van der Waals surface area contributed by atoms with Gasteiger partial charge in [-0.15, -0.1) is 0 Å². The van der Waals surface area contributed by atoms with Gasteiger partial charge in [-0.3, -0.25) is 0 Å². The largest absolute Gasteiger partial charge is 0.493 e. The molecule has 1 N–H and O–H groups in total. The Kier molecular flexibility index (Phi) is 8.10. The van der Waals surface area contributed by atoms with Crippen molar-refractivity contribution in [2.75, 3.05) is 20.3 Å². The van der Waals surface area contributed by atoms with Gasteiger partial charge in [0.1, 0.15) is 6.61 Å². The van der Waals surface area contributed by atoms with Crippen LogP contribution in [-0.2, 0) is 13.0 Å². The smallest absolute Gasteiger partial charge is 0.175 e. The van der Waals surface area contributed by atoms with Crippen LogP contribution < -0.4 is 14.8 Å². The molecular weight excluding hydrogens is 425 g/mol. The zero-order valence-corrected chi connectivity index (χ0v) is 17.0. The summed E-state index contributed by atoms with van der Waals surface area (Å²) in [5.41, 5.74) is 2.17. The highest BCUT2D eigenvalue weighted by molar-refractivity contribution is 9.10. The molecule has 2 rings (SSSR count). The number of rotatable bonds is 9. The zero-order valence-electron chi connectivity index (χ0n) is 14.0. The number of hydrogen-bond acceptors (Lipinski definition) is 3. The fourth-order valence-corrected chi connectivity index (χ4v) is 3.44. The lowest BCUT2D eigenvalue weighted by Crippen LogP contribution is -2.17. The maximum absolute atomic E-state index is 6.19. The number of nitrogens with one attached hydrogen (secondary N) is 1. The maximum atomic E-state index is 6.19. The molecule has 134 valence electrons. The Morgan fingerprint density at radius 1 is 1.24 bits per heavy atom. The van der Waals surface area contributed by atoms with E-state index in [4.69, 9.17) is 32.7 Å². The average molecular weight is 445 g/mol. The molecule has 0 aromatic heterocycles. The lowest BCUT2D eigenvalue weighted by molar-refractivity contribution is 0.324. The summed E-state index contributed by atoms with van der Waals surface area (Å²) in [5, 5.41) is 4.76. The summed E-state index contributed by atoms with van der Waals surface area (Å²) in [7, 11) is 1.63. The van der Waals surface area contributed by atoms with Crippen LogP contribution in [-0.4, -0.2) is 20.3 Å². The summed E-state index contributed by atoms with van der Waals surface area (Å²) in [6, 6.07) is 9.56. The molecule has 0 saturated heterocycles. The van der Waals surface area contributed by atoms with E-state index >= 15 is 0 Å². The van der Waals surface area contributed by atoms with Crippen molar-refractivity contribution in [1.82, 2.24) is 5.32 Å². The van der Waals surface area contributed by atoms with Gasteiger partial charge in [-0.2, -0.15) is 0 Å². The first kappa shape index (κ1) is 20.1. The molecule has 0 aliphatic rings. The third-order valence-electron chi connectivity index (χ3n) is 3.55. The van der Waals surface area contributed by atoms with Gasteiger partial charge < -0.3 is 14.8 Å². The minimum atomic E-state index is 0.425. The van der Waals surface area contributed by atoms with Crippen LogP contribution in [0.2, 0.25) is 10.0 Å². The number of methoxy groups -OCH3 is 1. The molecule has 0 bridgehead atoms. The van der Waals surface area contributed by atoms with Crippen LogP contribution in [0.1, 0.15) is 11.1 Å². The van der Waals surface area contributed by atoms with Gasteiger partial charge in [-0.05, 0) is 64.3 Å². The van der Waals surface area contributed by atoms with Gasteiger partial charge in [0.2, 0.25) is 0 Å². The third-order valence-corrected chi connectivity index (χ3v) is 4.73. The first-order valence-corrected chi connectivity index (χ1v) is 9.34. The Bertz CT molecular complexity index is 738. The van der Waals surface area contributed by atoms with Gasteiger partial charge in [0.15, 0.2) is 11.5 Å². The van der Waals surface area contributed by atoms with Gasteiger partial charge in [0.05, 0.1) is 11.6 Å². The fraction of sp³-hybridized carbons (Fsp3) is 0.263. The van der Waals surface area contributed by atoms with E-state index in [2.05, 4.69) is 27.8 Å². The first-order chi connectivity index (χ1) is 12.0. The molecule has 0 unspecified atom stereocenters. The minimum absolute atomic E-state index is 0.425. The van der Waals surface area contributed by atoms with Crippen molar-refractivity contribution >= 4 is 39.1 Å². The summed E-state index contributed by atoms with van der Waals surface area (Å²) in [4.78, 5) is 0. The number of hydrogen-bond donors (Lipinski definition) is 1. The van der Waals surface area contributed by atoms with Crippen molar-refractivity contribution in [3.8, 4) is 11.5 Å². The molecule has 25 heavy (non-hydrogen) atoms. The summed E-state index contributed by atoms with van der Waals surface area (Å²) < 4.78 is 11.9. The molecule has 0 fully saturated rings. The molecule has 3 nitrogen and oxygen atoms in total. The fourth-order valence-electron chi connectivity index (χ4n) is 2.34. The van der Waals surface area contributed by atoms with E-state index in [1.807, 2.05) is 24.3 Å². The van der Waals surface area contributed by atoms with Gasteiger partial charge in [0.25, 0.3) is 0 Å². The Balaban J connectivity index is 1.94. The summed E-state index contributed by atoms with van der Waals surface area (Å²) >= 11 is 15.6. The summed E-state index contributed by atoms with van der Waals surface area (Å²) in [6.45, 7) is 5.59. The Labute approximate surface area is 167 Å². The van der Waals surface area contributed by atoms with E-state index in [9.17, 15) is 0 Å². The first-order valence-electron chi connectivity index (χ1n) is 7.80. The van der Waals surface area contributed by atoms with Crippen LogP contribution in [0, 0.1) is 0 Å². The standard InChI is InChI=1S/C19H20BrCl2NO2/c1-3-8-25-19-16(20)9-13(10-18(19)24-2)12-23-7-6-14-4-5-15(21)11-17(14)22/h3-5,9-11,23H,1,6-8,12H2,2H3. The second-order valence-electron chi connectivity index (χ2n) is 5.37. The van der Waals surface area contributed by atoms with Gasteiger partial charge >= 0.3 is 0 Å². The van der Waals surface area contributed by atoms with Crippen molar-refractivity contribution in [3.63, 3.8) is 0 Å². The van der Waals surface area contributed by atoms with E-state index in [1.165, 1.54) is 0 Å². The van der Waals surface area contributed by atoms with E-state index < -0.39 is 0 Å². The SMILES string of the molecule is C=CCOc1c(Br)cc(CNCCc2ccc(Cl)cc2Cl)cc1OC. The Morgan fingerprint density at radius 2 is 2.04 bits per heavy atom. The van der Waals surface area contributed by atoms with Crippen LogP contribution in [0.5, 0.6) is 11.5 Å². The second-order valence-corrected chi connectivity index (χ2v) is 7.07. The Hall–Kier alpha value is -1.20. The number of ether oxygens (including phenoxy) is 2. The molecule has 0 heterocycles. The van der Waals surface area contributed by atoms with Gasteiger partial charge in [0, 0.05) is 16.6 Å². The van der Waals surface area contributed by atoms with Crippen LogP contribution in [0.4, 0.5) is 0 Å². The van der Waals surface area contributed by atoms with Gasteiger partial charge in [-0.1, -0.05) is 41.9 Å². The van der Waals surface area contributed by atoms with Crippen molar-refractivity contribution < 1.29 is 9.47 Å². The number of halogens is 3. The van der Waals surface area contributed by atoms with Crippen LogP contribution in [0.15, 0.2) is 47.5 Å². The van der Waals surface area contributed by atoms with E-state index in [1.54, 1.807) is 19.3 Å². The number of benzene rings is 2. The highest BCUT2D eigenvalue weighted by Gasteiger charge is 2.11. The third kappa shape index (κ3) is 5.93. The maximum Gasteiger partial charge on any atom is 0.175 e. The monoisotopic (exact) mass is 443 g/mol. The molecule has 0 amide bonds. The second kappa shape index (κ2) is 10.1. The van der Waals surface area contributed by atoms with E-state index in [0.29, 0.717) is 34.7 Å². The molecule has 0 atom stereocenters. The highest BCUT2D eigenvalue weighted by Crippen LogP contribution is 2.36. The summed E-state index contributed by atoms with van der Waals surface area (Å²) in [6.07, 6.45) is 2.53. The zero-order chi connectivity index (χ0) is 18.2. The minimum Gasteiger partial charge on any atom is -0.493 e. The molecule has 0 radical (unpaired) electrons. The molecule has 6 heteroatoms. The average Bonchev–Trinajstić information content (AvgIpc) is 2.58. The predicted molar refractivity (Wildman–Crippen MR) is 108 cm³/mol. The van der Waals surface area contributed by atoms with E-state index in [0.717, 1.165) is 28.6 Å². The summed E-state index contributed by atoms with van der Waals surface area (Å²) in [5.74, 6) is 1.37. The van der Waals surface area contributed by atoms with Crippen molar-refractivity contribution in [2.24, 2.45) is 0 Å². The topological polar surface area (TPSA) is 30.5 Å². The molecule has 0 saturated carbocycles. The van der Waals surface area contributed by atoms with Crippen molar-refractivity contribution in [2.45, 2.75) is 13.0 Å². The quantitative estimate of drug-likeness (QED) is 0.399. The molecule has 2 aromatic carbocycles. The predicted octanol–water partition coefficient (Wildman–Crippen LogP) is 5.66. The van der Waals surface area contributed by atoms with Crippen LogP contribution in [0.3, 0.4) is 0 Å². The van der Waals surface area contributed by atoms with Crippen molar-refractivity contribution in [3.05, 3.63) is 68.6 Å². The van der Waals surface area contributed by atoms with E-state index in [-0.39, 0.29) is 0 Å². The van der Waals surface area contributed by atoms with Crippen molar-refractivity contribution in [1.29, 1.82) is 0 Å². The molecule has 0 aliphatic heterocycles. The molecule has 2 aromatic rings. The lowest BCUT2D eigenvalue weighted by atomic mass is 10.1. The molecule has 0 spiro atoms. The highest BCUT2D eigenvalue weighted by atomic mass is 79.9. The van der Waals surface area contributed by atoms with Crippen LogP contribution in [0.25, 0.3) is 0 Å².